The zero-order valence-electron chi connectivity index (χ0n) is 16.6. The lowest BCUT2D eigenvalue weighted by Crippen LogP contribution is -2.55. The van der Waals surface area contributed by atoms with Crippen LogP contribution in [-0.4, -0.2) is 41.7 Å². The summed E-state index contributed by atoms with van der Waals surface area (Å²) in [6.45, 7) is -1.62. The fourth-order valence-corrected chi connectivity index (χ4v) is 3.73. The van der Waals surface area contributed by atoms with E-state index in [1.54, 1.807) is 12.1 Å². The molecule has 2 amide bonds. The van der Waals surface area contributed by atoms with Crippen LogP contribution in [0.25, 0.3) is 0 Å². The highest BCUT2D eigenvalue weighted by atomic mass is 19.4. The van der Waals surface area contributed by atoms with Gasteiger partial charge in [0, 0.05) is 29.2 Å². The second-order valence-corrected chi connectivity index (χ2v) is 7.05. The molecule has 0 spiro atoms. The monoisotopic (exact) mass is 441 g/mol. The second kappa shape index (κ2) is 8.93. The summed E-state index contributed by atoms with van der Waals surface area (Å²) in [6.07, 6.45) is -3.10. The number of hydrogen-bond acceptors (Lipinski definition) is 5. The van der Waals surface area contributed by atoms with Gasteiger partial charge in [-0.05, 0) is 29.8 Å². The van der Waals surface area contributed by atoms with Crippen molar-refractivity contribution >= 4 is 23.7 Å². The van der Waals surface area contributed by atoms with Gasteiger partial charge in [-0.15, -0.1) is 0 Å². The van der Waals surface area contributed by atoms with Crippen LogP contribution in [0.4, 0.5) is 18.9 Å². The van der Waals surface area contributed by atoms with Crippen LogP contribution in [0.1, 0.15) is 27.4 Å². The van der Waals surface area contributed by atoms with E-state index >= 15 is 0 Å². The first-order valence-corrected chi connectivity index (χ1v) is 9.40. The maximum Gasteiger partial charge on any atom is 0.406 e. The Labute approximate surface area is 181 Å². The molecule has 0 radical (unpaired) electrons. The number of rotatable bonds is 5. The summed E-state index contributed by atoms with van der Waals surface area (Å²) in [7, 11) is 0. The van der Waals surface area contributed by atoms with Crippen molar-refractivity contribution in [2.24, 2.45) is 5.73 Å². The number of benzene rings is 2. The molecule has 7 nitrogen and oxygen atoms in total. The summed E-state index contributed by atoms with van der Waals surface area (Å²) < 4.78 is 40.1. The van der Waals surface area contributed by atoms with Gasteiger partial charge in [-0.3, -0.25) is 9.59 Å². The maximum atomic E-state index is 13.4. The van der Waals surface area contributed by atoms with E-state index in [1.165, 1.54) is 36.4 Å². The van der Waals surface area contributed by atoms with Crippen LogP contribution < -0.4 is 11.1 Å². The number of amides is 2. The van der Waals surface area contributed by atoms with Gasteiger partial charge in [0.05, 0.1) is 23.6 Å². The summed E-state index contributed by atoms with van der Waals surface area (Å²) >= 11 is 0. The van der Waals surface area contributed by atoms with Crippen LogP contribution in [0.15, 0.2) is 60.3 Å². The fourth-order valence-electron chi connectivity index (χ4n) is 3.73. The summed E-state index contributed by atoms with van der Waals surface area (Å²) in [5, 5.41) is 19.3. The number of anilines is 1. The highest BCUT2D eigenvalue weighted by molar-refractivity contribution is 6.06. The van der Waals surface area contributed by atoms with Crippen molar-refractivity contribution in [2.45, 2.75) is 18.1 Å². The molecule has 1 heterocycles. The molecule has 1 aliphatic rings. The van der Waals surface area contributed by atoms with Gasteiger partial charge in [-0.1, -0.05) is 24.3 Å². The van der Waals surface area contributed by atoms with Crippen LogP contribution in [-0.2, 0) is 4.79 Å². The van der Waals surface area contributed by atoms with Crippen LogP contribution >= 0.6 is 0 Å². The number of nitrogens with zero attached hydrogens (tertiary/aromatic N) is 2. The largest absolute Gasteiger partial charge is 0.406 e. The zero-order valence-corrected chi connectivity index (χ0v) is 16.6. The van der Waals surface area contributed by atoms with E-state index < -0.39 is 36.5 Å². The van der Waals surface area contributed by atoms with Crippen LogP contribution in [0.3, 0.4) is 0 Å². The molecule has 0 saturated heterocycles. The van der Waals surface area contributed by atoms with Gasteiger partial charge in [0.1, 0.15) is 6.54 Å². The molecule has 4 N–H and O–H groups in total. The number of nitrogens with one attached hydrogen (secondary N) is 2. The van der Waals surface area contributed by atoms with E-state index in [0.29, 0.717) is 4.90 Å². The molecule has 0 unspecified atom stereocenters. The molecule has 0 saturated carbocycles. The first kappa shape index (κ1) is 22.6. The maximum absolute atomic E-state index is 13.4. The van der Waals surface area contributed by atoms with Crippen molar-refractivity contribution < 1.29 is 22.8 Å². The topological polar surface area (TPSA) is 123 Å². The Balaban J connectivity index is 2.15. The number of nitrogens with two attached hydrogens (primary N) is 1. The van der Waals surface area contributed by atoms with E-state index in [4.69, 9.17) is 16.4 Å². The van der Waals surface area contributed by atoms with Crippen LogP contribution in [0.5, 0.6) is 0 Å². The lowest BCUT2D eigenvalue weighted by Gasteiger charge is -2.42. The number of halogens is 3. The SMILES string of the molecule is N#Cc1cccc(NC(=O)[C@H]2c3ccccc3C(=O)N(CC(F)(F)F)[C@@H]2/C(C=N)=C/N)c1. The van der Waals surface area contributed by atoms with Crippen molar-refractivity contribution in [3.8, 4) is 6.07 Å². The van der Waals surface area contributed by atoms with E-state index in [9.17, 15) is 22.8 Å². The second-order valence-electron chi connectivity index (χ2n) is 7.05. The first-order valence-electron chi connectivity index (χ1n) is 9.40. The number of alkyl halides is 3. The van der Waals surface area contributed by atoms with Gasteiger partial charge < -0.3 is 21.4 Å². The number of hydrogen-bond donors (Lipinski definition) is 3. The Bertz CT molecular complexity index is 1140. The molecule has 10 heteroatoms. The normalized spacial score (nSPS) is 18.5. The molecule has 0 aliphatic carbocycles. The smallest absolute Gasteiger partial charge is 0.404 e. The van der Waals surface area contributed by atoms with Crippen molar-refractivity contribution in [2.75, 3.05) is 11.9 Å². The minimum Gasteiger partial charge on any atom is -0.404 e. The number of fused-ring (bicyclic) bond motifs is 1. The van der Waals surface area contributed by atoms with Crippen molar-refractivity contribution in [1.82, 2.24) is 4.90 Å². The third kappa shape index (κ3) is 4.46. The minimum absolute atomic E-state index is 0.0414. The van der Waals surface area contributed by atoms with Gasteiger partial charge in [-0.2, -0.15) is 18.4 Å². The van der Waals surface area contributed by atoms with Crippen molar-refractivity contribution in [3.63, 3.8) is 0 Å². The number of carbonyl (C=O) groups is 2. The number of nitriles is 1. The third-order valence-corrected chi connectivity index (χ3v) is 5.03. The molecule has 0 bridgehead atoms. The Hall–Kier alpha value is -4.13. The summed E-state index contributed by atoms with van der Waals surface area (Å²) in [4.78, 5) is 26.8. The average molecular weight is 441 g/mol. The molecule has 2 aromatic rings. The van der Waals surface area contributed by atoms with Crippen LogP contribution in [0, 0.1) is 16.7 Å². The predicted molar refractivity (Wildman–Crippen MR) is 111 cm³/mol. The van der Waals surface area contributed by atoms with Gasteiger partial charge in [0.25, 0.3) is 5.91 Å². The first-order chi connectivity index (χ1) is 15.2. The summed E-state index contributed by atoms with van der Waals surface area (Å²) in [5.74, 6) is -2.91. The van der Waals surface area contributed by atoms with Gasteiger partial charge in [-0.25, -0.2) is 0 Å². The number of carbonyl (C=O) groups excluding carboxylic acids is 2. The predicted octanol–water partition coefficient (Wildman–Crippen LogP) is 3.16. The molecule has 3 rings (SSSR count). The fraction of sp³-hybridized carbons (Fsp3) is 0.182. The molecular formula is C22H18F3N5O2. The zero-order chi connectivity index (χ0) is 23.5. The van der Waals surface area contributed by atoms with E-state index in [0.717, 1.165) is 12.4 Å². The summed E-state index contributed by atoms with van der Waals surface area (Å²) in [6, 6.07) is 12.4. The van der Waals surface area contributed by atoms with Gasteiger partial charge in [0.2, 0.25) is 5.91 Å². The quantitative estimate of drug-likeness (QED) is 0.617. The average Bonchev–Trinajstić information content (AvgIpc) is 2.76. The van der Waals surface area contributed by atoms with E-state index in [-0.39, 0.29) is 28.0 Å². The molecule has 0 aromatic heterocycles. The van der Waals surface area contributed by atoms with Crippen molar-refractivity contribution in [3.05, 3.63) is 77.0 Å². The van der Waals surface area contributed by atoms with Gasteiger partial charge >= 0.3 is 6.18 Å². The highest BCUT2D eigenvalue weighted by Crippen LogP contribution is 2.38. The van der Waals surface area contributed by atoms with E-state index in [2.05, 4.69) is 5.32 Å². The molecule has 164 valence electrons. The molecule has 0 fully saturated rings. The van der Waals surface area contributed by atoms with Crippen molar-refractivity contribution in [1.29, 1.82) is 10.7 Å². The standard InChI is InChI=1S/C22H18F3N5O2/c23-22(24,25)12-30-19(14(10-27)11-28)18(16-6-1-2-7-17(16)21(30)32)20(31)29-15-5-3-4-13(8-15)9-26/h1-8,10-11,18-19,27H,12,28H2,(H,29,31)/b14-11+,27-10?/t18-,19+/m0/s1. The molecule has 2 aromatic carbocycles. The minimum atomic E-state index is -4.75. The lowest BCUT2D eigenvalue weighted by atomic mass is 9.79. The highest BCUT2D eigenvalue weighted by Gasteiger charge is 2.48. The Morgan fingerprint density at radius 1 is 1.25 bits per heavy atom. The Kier molecular flexibility index (Phi) is 6.30. The third-order valence-electron chi connectivity index (χ3n) is 5.03. The summed E-state index contributed by atoms with van der Waals surface area (Å²) in [5.41, 5.74) is 6.15. The molecular weight excluding hydrogens is 423 g/mol. The van der Waals surface area contributed by atoms with Crippen LogP contribution in [0.2, 0.25) is 0 Å². The molecule has 1 aliphatic heterocycles. The molecule has 32 heavy (non-hydrogen) atoms. The Morgan fingerprint density at radius 3 is 2.59 bits per heavy atom. The molecule has 2 atom stereocenters. The van der Waals surface area contributed by atoms with Gasteiger partial charge in [0.15, 0.2) is 0 Å². The van der Waals surface area contributed by atoms with E-state index in [1.807, 2.05) is 6.07 Å². The lowest BCUT2D eigenvalue weighted by molar-refractivity contribution is -0.146. The Morgan fingerprint density at radius 2 is 1.97 bits per heavy atom.